The third-order valence-electron chi connectivity index (χ3n) is 2.68. The quantitative estimate of drug-likeness (QED) is 0.846. The number of nitrogen functional groups attached to an aromatic ring is 1. The molecular formula is C14H15FN2O. The summed E-state index contributed by atoms with van der Waals surface area (Å²) in [6.45, 7) is 3.72. The van der Waals surface area contributed by atoms with E-state index in [0.29, 0.717) is 5.69 Å². The Morgan fingerprint density at radius 3 is 2.67 bits per heavy atom. The Morgan fingerprint density at radius 1 is 1.28 bits per heavy atom. The molecule has 0 fully saturated rings. The molecule has 0 saturated heterocycles. The molecule has 18 heavy (non-hydrogen) atoms. The summed E-state index contributed by atoms with van der Waals surface area (Å²) >= 11 is 0. The SMILES string of the molecule is CC(C)(Oc1ccc(N)cc1F)c1cccnc1. The summed E-state index contributed by atoms with van der Waals surface area (Å²) in [5.74, 6) is -0.287. The van der Waals surface area contributed by atoms with Crippen molar-refractivity contribution in [1.82, 2.24) is 4.98 Å². The second kappa shape index (κ2) is 4.64. The zero-order valence-corrected chi connectivity index (χ0v) is 10.4. The Morgan fingerprint density at radius 2 is 2.06 bits per heavy atom. The first-order valence-corrected chi connectivity index (χ1v) is 5.63. The molecular weight excluding hydrogens is 231 g/mol. The van der Waals surface area contributed by atoms with Crippen LogP contribution >= 0.6 is 0 Å². The summed E-state index contributed by atoms with van der Waals surface area (Å²) in [5, 5.41) is 0. The topological polar surface area (TPSA) is 48.1 Å². The lowest BCUT2D eigenvalue weighted by Crippen LogP contribution is -2.25. The zero-order valence-electron chi connectivity index (χ0n) is 10.4. The Kier molecular flexibility index (Phi) is 3.19. The number of rotatable bonds is 3. The number of anilines is 1. The van der Waals surface area contributed by atoms with Gasteiger partial charge < -0.3 is 10.5 Å². The van der Waals surface area contributed by atoms with E-state index < -0.39 is 11.4 Å². The minimum atomic E-state index is -0.661. The van der Waals surface area contributed by atoms with Gasteiger partial charge in [-0.2, -0.15) is 0 Å². The van der Waals surface area contributed by atoms with E-state index in [4.69, 9.17) is 10.5 Å². The standard InChI is InChI=1S/C14H15FN2O/c1-14(2,10-4-3-7-17-9-10)18-13-6-5-11(16)8-12(13)15/h3-9H,16H2,1-2H3. The molecule has 0 saturated carbocycles. The first-order valence-electron chi connectivity index (χ1n) is 5.63. The maximum Gasteiger partial charge on any atom is 0.167 e. The highest BCUT2D eigenvalue weighted by molar-refractivity contribution is 5.43. The van der Waals surface area contributed by atoms with Crippen LogP contribution in [0.15, 0.2) is 42.7 Å². The van der Waals surface area contributed by atoms with E-state index in [2.05, 4.69) is 4.98 Å². The lowest BCUT2D eigenvalue weighted by molar-refractivity contribution is 0.102. The highest BCUT2D eigenvalue weighted by Gasteiger charge is 2.24. The van der Waals surface area contributed by atoms with Crippen LogP contribution in [0.25, 0.3) is 0 Å². The first-order chi connectivity index (χ1) is 8.49. The van der Waals surface area contributed by atoms with Crippen molar-refractivity contribution in [2.45, 2.75) is 19.4 Å². The fourth-order valence-corrected chi connectivity index (χ4v) is 1.65. The normalized spacial score (nSPS) is 11.3. The number of aromatic nitrogens is 1. The van der Waals surface area contributed by atoms with E-state index in [1.165, 1.54) is 12.1 Å². The molecule has 0 amide bonds. The van der Waals surface area contributed by atoms with Gasteiger partial charge in [0, 0.05) is 29.7 Å². The Balaban J connectivity index is 2.28. The van der Waals surface area contributed by atoms with Crippen molar-refractivity contribution < 1.29 is 9.13 Å². The number of ether oxygens (including phenoxy) is 1. The molecule has 0 unspecified atom stereocenters. The summed E-state index contributed by atoms with van der Waals surface area (Å²) in [4.78, 5) is 4.04. The largest absolute Gasteiger partial charge is 0.480 e. The average molecular weight is 246 g/mol. The van der Waals surface area contributed by atoms with Crippen molar-refractivity contribution >= 4 is 5.69 Å². The maximum atomic E-state index is 13.7. The molecule has 2 rings (SSSR count). The number of pyridine rings is 1. The molecule has 94 valence electrons. The van der Waals surface area contributed by atoms with Crippen LogP contribution in [0.4, 0.5) is 10.1 Å². The van der Waals surface area contributed by atoms with E-state index in [1.807, 2.05) is 26.0 Å². The van der Waals surface area contributed by atoms with Gasteiger partial charge in [0.05, 0.1) is 0 Å². The van der Waals surface area contributed by atoms with Crippen LogP contribution in [0.3, 0.4) is 0 Å². The van der Waals surface area contributed by atoms with Gasteiger partial charge >= 0.3 is 0 Å². The summed E-state index contributed by atoms with van der Waals surface area (Å²) in [7, 11) is 0. The lowest BCUT2D eigenvalue weighted by atomic mass is 10.00. The second-order valence-electron chi connectivity index (χ2n) is 4.54. The lowest BCUT2D eigenvalue weighted by Gasteiger charge is -2.26. The van der Waals surface area contributed by atoms with Crippen LogP contribution < -0.4 is 10.5 Å². The zero-order chi connectivity index (χ0) is 13.2. The van der Waals surface area contributed by atoms with Crippen molar-refractivity contribution in [3.05, 3.63) is 54.1 Å². The highest BCUT2D eigenvalue weighted by atomic mass is 19.1. The summed E-state index contributed by atoms with van der Waals surface area (Å²) < 4.78 is 19.4. The average Bonchev–Trinajstić information content (AvgIpc) is 2.34. The van der Waals surface area contributed by atoms with Crippen LogP contribution in [0.2, 0.25) is 0 Å². The predicted octanol–water partition coefficient (Wildman–Crippen LogP) is 3.12. The summed E-state index contributed by atoms with van der Waals surface area (Å²) in [6.07, 6.45) is 3.39. The third-order valence-corrected chi connectivity index (χ3v) is 2.68. The van der Waals surface area contributed by atoms with Gasteiger partial charge in [-0.1, -0.05) is 6.07 Å². The van der Waals surface area contributed by atoms with E-state index in [0.717, 1.165) is 5.56 Å². The number of hydrogen-bond acceptors (Lipinski definition) is 3. The Bertz CT molecular complexity index is 541. The molecule has 2 aromatic rings. The highest BCUT2D eigenvalue weighted by Crippen LogP contribution is 2.29. The minimum absolute atomic E-state index is 0.179. The number of hydrogen-bond donors (Lipinski definition) is 1. The van der Waals surface area contributed by atoms with Crippen LogP contribution in [-0.2, 0) is 5.60 Å². The molecule has 1 heterocycles. The fraction of sp³-hybridized carbons (Fsp3) is 0.214. The van der Waals surface area contributed by atoms with E-state index >= 15 is 0 Å². The third kappa shape index (κ3) is 2.59. The number of nitrogens with zero attached hydrogens (tertiary/aromatic N) is 1. The molecule has 0 aliphatic rings. The second-order valence-corrected chi connectivity index (χ2v) is 4.54. The van der Waals surface area contributed by atoms with Gasteiger partial charge in [-0.15, -0.1) is 0 Å². The van der Waals surface area contributed by atoms with Gasteiger partial charge in [0.1, 0.15) is 5.60 Å². The van der Waals surface area contributed by atoms with Gasteiger partial charge in [0.2, 0.25) is 0 Å². The van der Waals surface area contributed by atoms with Gasteiger partial charge in [0.25, 0.3) is 0 Å². The smallest absolute Gasteiger partial charge is 0.167 e. The molecule has 0 aliphatic heterocycles. The summed E-state index contributed by atoms with van der Waals surface area (Å²) in [6, 6.07) is 8.09. The summed E-state index contributed by atoms with van der Waals surface area (Å²) in [5.41, 5.74) is 6.09. The fourth-order valence-electron chi connectivity index (χ4n) is 1.65. The molecule has 1 aromatic carbocycles. The van der Waals surface area contributed by atoms with Crippen molar-refractivity contribution in [1.29, 1.82) is 0 Å². The Hall–Kier alpha value is -2.10. The van der Waals surface area contributed by atoms with Gasteiger partial charge in [-0.25, -0.2) is 4.39 Å². The number of nitrogens with two attached hydrogens (primary N) is 1. The molecule has 4 heteroatoms. The van der Waals surface area contributed by atoms with E-state index in [9.17, 15) is 4.39 Å². The van der Waals surface area contributed by atoms with Crippen molar-refractivity contribution in [3.63, 3.8) is 0 Å². The minimum Gasteiger partial charge on any atom is -0.480 e. The number of benzene rings is 1. The van der Waals surface area contributed by atoms with Crippen molar-refractivity contribution in [3.8, 4) is 5.75 Å². The predicted molar refractivity (Wildman–Crippen MR) is 68.7 cm³/mol. The molecule has 3 nitrogen and oxygen atoms in total. The Labute approximate surface area is 105 Å². The van der Waals surface area contributed by atoms with E-state index in [-0.39, 0.29) is 5.75 Å². The number of halogens is 1. The molecule has 0 bridgehead atoms. The van der Waals surface area contributed by atoms with Crippen molar-refractivity contribution in [2.75, 3.05) is 5.73 Å². The van der Waals surface area contributed by atoms with Gasteiger partial charge in [0.15, 0.2) is 11.6 Å². The van der Waals surface area contributed by atoms with E-state index in [1.54, 1.807) is 18.5 Å². The van der Waals surface area contributed by atoms with Crippen LogP contribution in [0.1, 0.15) is 19.4 Å². The molecule has 1 aromatic heterocycles. The van der Waals surface area contributed by atoms with Crippen molar-refractivity contribution in [2.24, 2.45) is 0 Å². The van der Waals surface area contributed by atoms with Gasteiger partial charge in [-0.05, 0) is 32.0 Å². The first kappa shape index (κ1) is 12.4. The van der Waals surface area contributed by atoms with Gasteiger partial charge in [-0.3, -0.25) is 4.98 Å². The van der Waals surface area contributed by atoms with Crippen LogP contribution in [0.5, 0.6) is 5.75 Å². The van der Waals surface area contributed by atoms with Crippen LogP contribution in [-0.4, -0.2) is 4.98 Å². The molecule has 2 N–H and O–H groups in total. The maximum absolute atomic E-state index is 13.7. The molecule has 0 atom stereocenters. The van der Waals surface area contributed by atoms with Crippen LogP contribution in [0, 0.1) is 5.82 Å². The molecule has 0 aliphatic carbocycles. The molecule has 0 radical (unpaired) electrons. The monoisotopic (exact) mass is 246 g/mol. The molecule has 0 spiro atoms.